The van der Waals surface area contributed by atoms with E-state index in [1.807, 2.05) is 12.1 Å². The molecule has 0 heterocycles. The highest BCUT2D eigenvalue weighted by atomic mass is 35.5. The Morgan fingerprint density at radius 3 is 2.40 bits per heavy atom. The van der Waals surface area contributed by atoms with Crippen molar-refractivity contribution in [3.05, 3.63) is 22.7 Å². The van der Waals surface area contributed by atoms with Gasteiger partial charge in [-0.05, 0) is 24.5 Å². The van der Waals surface area contributed by atoms with E-state index in [1.165, 1.54) is 12.8 Å². The van der Waals surface area contributed by atoms with E-state index < -0.39 is 0 Å². The van der Waals surface area contributed by atoms with Gasteiger partial charge in [-0.25, -0.2) is 0 Å². The van der Waals surface area contributed by atoms with E-state index in [1.54, 1.807) is 14.2 Å². The van der Waals surface area contributed by atoms with Gasteiger partial charge in [0.15, 0.2) is 0 Å². The molecule has 0 radical (unpaired) electrons. The highest BCUT2D eigenvalue weighted by Crippen LogP contribution is 2.41. The fourth-order valence-corrected chi connectivity index (χ4v) is 2.86. The minimum absolute atomic E-state index is 0.0649. The maximum atomic E-state index is 6.45. The van der Waals surface area contributed by atoms with Crippen molar-refractivity contribution >= 4 is 11.6 Å². The lowest BCUT2D eigenvalue weighted by Gasteiger charge is -2.25. The molecule has 0 bridgehead atoms. The molecule has 114 valence electrons. The molecule has 0 aliphatic heterocycles. The number of benzene rings is 1. The lowest BCUT2D eigenvalue weighted by atomic mass is 9.87. The summed E-state index contributed by atoms with van der Waals surface area (Å²) in [5, 5.41) is 0.494. The third-order valence-electron chi connectivity index (χ3n) is 3.84. The summed E-state index contributed by atoms with van der Waals surface area (Å²) >= 11 is 6.30. The van der Waals surface area contributed by atoms with Crippen molar-refractivity contribution in [3.63, 3.8) is 0 Å². The van der Waals surface area contributed by atoms with E-state index in [-0.39, 0.29) is 6.04 Å². The second-order valence-corrected chi connectivity index (χ2v) is 5.42. The van der Waals surface area contributed by atoms with Crippen molar-refractivity contribution in [1.29, 1.82) is 0 Å². The number of hydrogen-bond donors (Lipinski definition) is 1. The highest BCUT2D eigenvalue weighted by Gasteiger charge is 2.23. The Balaban J connectivity index is 3.07. The van der Waals surface area contributed by atoms with E-state index in [9.17, 15) is 0 Å². The zero-order valence-corrected chi connectivity index (χ0v) is 13.7. The van der Waals surface area contributed by atoms with Crippen molar-refractivity contribution in [2.45, 2.75) is 45.6 Å². The smallest absolute Gasteiger partial charge is 0.146 e. The lowest BCUT2D eigenvalue weighted by molar-refractivity contribution is 0.353. The van der Waals surface area contributed by atoms with E-state index in [0.29, 0.717) is 22.4 Å². The minimum atomic E-state index is -0.0649. The van der Waals surface area contributed by atoms with Crippen LogP contribution in [0.1, 0.15) is 51.1 Å². The topological polar surface area (TPSA) is 44.5 Å². The molecule has 0 amide bonds. The number of halogens is 1. The van der Waals surface area contributed by atoms with Gasteiger partial charge in [0.25, 0.3) is 0 Å². The van der Waals surface area contributed by atoms with Gasteiger partial charge in [0, 0.05) is 11.6 Å². The monoisotopic (exact) mass is 299 g/mol. The normalized spacial score (nSPS) is 13.9. The van der Waals surface area contributed by atoms with E-state index in [4.69, 9.17) is 26.8 Å². The zero-order chi connectivity index (χ0) is 15.1. The van der Waals surface area contributed by atoms with Crippen molar-refractivity contribution in [3.8, 4) is 11.5 Å². The predicted molar refractivity (Wildman–Crippen MR) is 84.8 cm³/mol. The molecule has 0 aliphatic carbocycles. The maximum absolute atomic E-state index is 6.45. The third-order valence-corrected chi connectivity index (χ3v) is 4.19. The summed E-state index contributed by atoms with van der Waals surface area (Å²) in [5.41, 5.74) is 7.41. The Hall–Kier alpha value is -0.930. The number of rotatable bonds is 8. The van der Waals surface area contributed by atoms with Gasteiger partial charge < -0.3 is 15.2 Å². The van der Waals surface area contributed by atoms with Crippen LogP contribution in [0.25, 0.3) is 0 Å². The van der Waals surface area contributed by atoms with Crippen molar-refractivity contribution < 1.29 is 9.47 Å². The largest absolute Gasteiger partial charge is 0.495 e. The molecule has 3 nitrogen and oxygen atoms in total. The van der Waals surface area contributed by atoms with E-state index in [0.717, 1.165) is 18.4 Å². The first-order valence-electron chi connectivity index (χ1n) is 7.26. The third kappa shape index (κ3) is 3.80. The van der Waals surface area contributed by atoms with Crippen LogP contribution in [0.5, 0.6) is 11.5 Å². The molecule has 0 aromatic heterocycles. The highest BCUT2D eigenvalue weighted by molar-refractivity contribution is 6.33. The van der Waals surface area contributed by atoms with Crippen LogP contribution in [0.2, 0.25) is 5.02 Å². The molecule has 1 aromatic rings. The number of ether oxygens (including phenoxy) is 2. The van der Waals surface area contributed by atoms with Crippen LogP contribution >= 0.6 is 11.6 Å². The van der Waals surface area contributed by atoms with Gasteiger partial charge in [-0.1, -0.05) is 44.7 Å². The van der Waals surface area contributed by atoms with Gasteiger partial charge in [0.2, 0.25) is 0 Å². The van der Waals surface area contributed by atoms with Gasteiger partial charge in [0.05, 0.1) is 14.2 Å². The lowest BCUT2D eigenvalue weighted by Crippen LogP contribution is -2.22. The first-order chi connectivity index (χ1) is 9.60. The first-order valence-corrected chi connectivity index (χ1v) is 7.64. The molecule has 4 heteroatoms. The van der Waals surface area contributed by atoms with Crippen LogP contribution in [0.4, 0.5) is 0 Å². The van der Waals surface area contributed by atoms with Gasteiger partial charge in [-0.2, -0.15) is 0 Å². The van der Waals surface area contributed by atoms with Crippen molar-refractivity contribution in [2.24, 2.45) is 11.7 Å². The maximum Gasteiger partial charge on any atom is 0.146 e. The first kappa shape index (κ1) is 17.1. The fourth-order valence-electron chi connectivity index (χ4n) is 2.54. The summed E-state index contributed by atoms with van der Waals surface area (Å²) in [4.78, 5) is 0. The average molecular weight is 300 g/mol. The molecule has 20 heavy (non-hydrogen) atoms. The Labute approximate surface area is 127 Å². The Kier molecular flexibility index (Phi) is 7.17. The Morgan fingerprint density at radius 2 is 1.90 bits per heavy atom. The second-order valence-electron chi connectivity index (χ2n) is 5.04. The fraction of sp³-hybridized carbons (Fsp3) is 0.625. The van der Waals surface area contributed by atoms with Crippen molar-refractivity contribution in [2.75, 3.05) is 14.2 Å². The van der Waals surface area contributed by atoms with E-state index in [2.05, 4.69) is 13.8 Å². The molecule has 0 saturated heterocycles. The average Bonchev–Trinajstić information content (AvgIpc) is 2.47. The molecular weight excluding hydrogens is 274 g/mol. The number of unbranched alkanes of at least 4 members (excludes halogenated alkanes) is 1. The zero-order valence-electron chi connectivity index (χ0n) is 12.9. The Morgan fingerprint density at radius 1 is 1.20 bits per heavy atom. The molecule has 2 atom stereocenters. The molecule has 0 fully saturated rings. The molecule has 1 aromatic carbocycles. The van der Waals surface area contributed by atoms with Crippen LogP contribution in [0, 0.1) is 5.92 Å². The number of nitrogens with two attached hydrogens (primary N) is 1. The van der Waals surface area contributed by atoms with Crippen LogP contribution in [-0.4, -0.2) is 14.2 Å². The molecule has 2 unspecified atom stereocenters. The van der Waals surface area contributed by atoms with Gasteiger partial charge in [0.1, 0.15) is 16.5 Å². The Bertz CT molecular complexity index is 423. The molecule has 0 spiro atoms. The van der Waals surface area contributed by atoms with Crippen LogP contribution in [0.3, 0.4) is 0 Å². The minimum Gasteiger partial charge on any atom is -0.495 e. The van der Waals surface area contributed by atoms with Gasteiger partial charge in [-0.15, -0.1) is 0 Å². The summed E-state index contributed by atoms with van der Waals surface area (Å²) in [6.07, 6.45) is 4.55. The summed E-state index contributed by atoms with van der Waals surface area (Å²) in [6, 6.07) is 3.75. The van der Waals surface area contributed by atoms with Crippen LogP contribution in [0.15, 0.2) is 12.1 Å². The summed E-state index contributed by atoms with van der Waals surface area (Å²) < 4.78 is 10.7. The molecular formula is C16H26ClNO2. The number of methoxy groups -OCH3 is 2. The summed E-state index contributed by atoms with van der Waals surface area (Å²) in [6.45, 7) is 4.38. The standard InChI is InChI=1S/C16H26ClNO2/c1-5-7-8-11(6-2)15(18)12-9-10-13(19-3)14(17)16(12)20-4/h9-11,15H,5-8,18H2,1-4H3. The van der Waals surface area contributed by atoms with Crippen molar-refractivity contribution in [1.82, 2.24) is 0 Å². The quantitative estimate of drug-likeness (QED) is 0.764. The molecule has 0 saturated carbocycles. The van der Waals surface area contributed by atoms with Gasteiger partial charge in [-0.3, -0.25) is 0 Å². The summed E-state index contributed by atoms with van der Waals surface area (Å²) in [7, 11) is 3.21. The molecule has 1 rings (SSSR count). The second kappa shape index (κ2) is 8.38. The molecule has 2 N–H and O–H groups in total. The number of hydrogen-bond acceptors (Lipinski definition) is 3. The summed E-state index contributed by atoms with van der Waals surface area (Å²) in [5.74, 6) is 1.68. The van der Waals surface area contributed by atoms with E-state index >= 15 is 0 Å². The predicted octanol–water partition coefficient (Wildman–Crippen LogP) is 4.57. The van der Waals surface area contributed by atoms with Crippen LogP contribution < -0.4 is 15.2 Å². The van der Waals surface area contributed by atoms with Gasteiger partial charge >= 0.3 is 0 Å². The molecule has 0 aliphatic rings. The van der Waals surface area contributed by atoms with Crippen LogP contribution in [-0.2, 0) is 0 Å². The SMILES string of the molecule is CCCCC(CC)C(N)c1ccc(OC)c(Cl)c1OC.